The van der Waals surface area contributed by atoms with E-state index in [1.54, 1.807) is 0 Å². The highest BCUT2D eigenvalue weighted by molar-refractivity contribution is 7.81. The lowest BCUT2D eigenvalue weighted by atomic mass is 10.2. The van der Waals surface area contributed by atoms with Crippen molar-refractivity contribution in [2.45, 2.75) is 6.42 Å². The summed E-state index contributed by atoms with van der Waals surface area (Å²) in [6.07, 6.45) is 0.169. The molecule has 1 aliphatic heterocycles. The van der Waals surface area contributed by atoms with Gasteiger partial charge in [-0.25, -0.2) is 4.79 Å². The first-order chi connectivity index (χ1) is 8.85. The van der Waals surface area contributed by atoms with Crippen LogP contribution in [0.15, 0.2) is 24.3 Å². The number of imide groups is 1. The summed E-state index contributed by atoms with van der Waals surface area (Å²) < 4.78 is 36.8. The fraction of sp³-hybridized carbons (Fsp3) is 0.200. The second-order valence-electron chi connectivity index (χ2n) is 3.73. The zero-order chi connectivity index (χ0) is 14.0. The molecule has 0 atom stereocenters. The minimum Gasteiger partial charge on any atom is -0.358 e. The average molecular weight is 290 g/mol. The molecule has 1 aliphatic rings. The quantitative estimate of drug-likeness (QED) is 0.837. The van der Waals surface area contributed by atoms with E-state index in [4.69, 9.17) is 0 Å². The summed E-state index contributed by atoms with van der Waals surface area (Å²) >= 11 is 0. The van der Waals surface area contributed by atoms with Crippen molar-refractivity contribution in [1.29, 1.82) is 0 Å². The van der Waals surface area contributed by atoms with Gasteiger partial charge >= 0.3 is 16.5 Å². The number of benzene rings is 1. The van der Waals surface area contributed by atoms with Gasteiger partial charge in [0.25, 0.3) is 0 Å². The monoisotopic (exact) mass is 290 g/mol. The van der Waals surface area contributed by atoms with Crippen molar-refractivity contribution in [3.8, 4) is 5.75 Å². The third kappa shape index (κ3) is 3.41. The summed E-state index contributed by atoms with van der Waals surface area (Å²) in [4.78, 5) is 23.8. The normalized spacial score (nSPS) is 16.2. The van der Waals surface area contributed by atoms with Gasteiger partial charge in [-0.1, -0.05) is 3.89 Å². The summed E-state index contributed by atoms with van der Waals surface area (Å²) in [5, 5.41) is 2.14. The van der Waals surface area contributed by atoms with Gasteiger partial charge in [-0.2, -0.15) is 8.42 Å². The number of urea groups is 1. The molecule has 1 aromatic carbocycles. The second-order valence-corrected chi connectivity index (χ2v) is 4.68. The number of nitrogens with one attached hydrogen (secondary N) is 1. The van der Waals surface area contributed by atoms with Crippen LogP contribution in [-0.2, 0) is 15.3 Å². The van der Waals surface area contributed by atoms with Crippen molar-refractivity contribution < 1.29 is 27.5 Å². The zero-order valence-corrected chi connectivity index (χ0v) is 10.3. The molecule has 7 nitrogen and oxygen atoms in total. The molecule has 19 heavy (non-hydrogen) atoms. The lowest BCUT2D eigenvalue weighted by molar-refractivity contribution is -0.120. The van der Waals surface area contributed by atoms with Gasteiger partial charge in [0.2, 0.25) is 5.91 Å². The van der Waals surface area contributed by atoms with E-state index in [1.165, 1.54) is 29.2 Å². The molecule has 1 heterocycles. The van der Waals surface area contributed by atoms with Crippen LogP contribution in [0.25, 0.3) is 0 Å². The molecule has 0 aromatic heterocycles. The fourth-order valence-electron chi connectivity index (χ4n) is 1.61. The molecule has 1 aromatic rings. The third-order valence-electron chi connectivity index (χ3n) is 2.40. The highest BCUT2D eigenvalue weighted by Gasteiger charge is 2.24. The highest BCUT2D eigenvalue weighted by atomic mass is 32.3. The molecule has 1 saturated heterocycles. The summed E-state index contributed by atoms with van der Waals surface area (Å²) in [6, 6.07) is 4.61. The molecule has 0 saturated carbocycles. The summed E-state index contributed by atoms with van der Waals surface area (Å²) in [5.41, 5.74) is 0.439. The van der Waals surface area contributed by atoms with Gasteiger partial charge < -0.3 is 4.18 Å². The number of hydrogen-bond donors (Lipinski definition) is 1. The van der Waals surface area contributed by atoms with Crippen molar-refractivity contribution in [2.24, 2.45) is 0 Å². The Morgan fingerprint density at radius 1 is 1.26 bits per heavy atom. The average Bonchev–Trinajstić information content (AvgIpc) is 2.28. The number of amides is 3. The maximum absolute atomic E-state index is 12.3. The Kier molecular flexibility index (Phi) is 3.38. The molecule has 3 amide bonds. The standard InChI is InChI=1S/C10H9FN2O5S.H2/c11-19(16,17)18-8-3-1-7(2-4-8)13-6-5-9(14)12-10(13)15;/h1-4H,5-6H2,(H,12,14,15);1H. The zero-order valence-electron chi connectivity index (χ0n) is 9.50. The number of hydrogen-bond acceptors (Lipinski definition) is 5. The van der Waals surface area contributed by atoms with Crippen molar-refractivity contribution in [2.75, 3.05) is 11.4 Å². The van der Waals surface area contributed by atoms with Crippen LogP contribution in [0.2, 0.25) is 0 Å². The molecule has 104 valence electrons. The first-order valence-electron chi connectivity index (χ1n) is 5.21. The SMILES string of the molecule is O=C1CCN(c2ccc(OS(=O)(=O)F)cc2)C(=O)N1.[HH]. The van der Waals surface area contributed by atoms with E-state index in [0.29, 0.717) is 5.69 Å². The number of nitrogens with zero attached hydrogens (tertiary/aromatic N) is 1. The predicted molar refractivity (Wildman–Crippen MR) is 64.7 cm³/mol. The van der Waals surface area contributed by atoms with Crippen LogP contribution in [0.4, 0.5) is 14.4 Å². The van der Waals surface area contributed by atoms with Crippen molar-refractivity contribution in [3.63, 3.8) is 0 Å². The van der Waals surface area contributed by atoms with Crippen LogP contribution in [0.5, 0.6) is 5.75 Å². The number of rotatable bonds is 3. The summed E-state index contributed by atoms with van der Waals surface area (Å²) in [6.45, 7) is 0.215. The van der Waals surface area contributed by atoms with Gasteiger partial charge in [0, 0.05) is 20.1 Å². The van der Waals surface area contributed by atoms with E-state index in [9.17, 15) is 21.9 Å². The van der Waals surface area contributed by atoms with Gasteiger partial charge in [-0.05, 0) is 24.3 Å². The van der Waals surface area contributed by atoms with E-state index >= 15 is 0 Å². The maximum Gasteiger partial charge on any atom is 0.488 e. The molecule has 0 spiro atoms. The van der Waals surface area contributed by atoms with E-state index in [0.717, 1.165) is 0 Å². The summed E-state index contributed by atoms with van der Waals surface area (Å²) in [7, 11) is -5.07. The molecular formula is C10H11FN2O5S. The van der Waals surface area contributed by atoms with Gasteiger partial charge in [0.15, 0.2) is 0 Å². The molecule has 0 bridgehead atoms. The Labute approximate surface area is 109 Å². The van der Waals surface area contributed by atoms with Crippen LogP contribution >= 0.6 is 0 Å². The van der Waals surface area contributed by atoms with Gasteiger partial charge in [-0.3, -0.25) is 15.0 Å². The van der Waals surface area contributed by atoms with Gasteiger partial charge in [0.1, 0.15) is 5.75 Å². The molecule has 1 fully saturated rings. The Morgan fingerprint density at radius 3 is 2.42 bits per heavy atom. The first-order valence-corrected chi connectivity index (χ1v) is 6.51. The Morgan fingerprint density at radius 2 is 1.89 bits per heavy atom. The number of anilines is 1. The highest BCUT2D eigenvalue weighted by Crippen LogP contribution is 2.22. The maximum atomic E-state index is 12.3. The van der Waals surface area contributed by atoms with Crippen LogP contribution in [0.3, 0.4) is 0 Å². The molecule has 0 unspecified atom stereocenters. The van der Waals surface area contributed by atoms with E-state index < -0.39 is 16.5 Å². The topological polar surface area (TPSA) is 92.8 Å². The van der Waals surface area contributed by atoms with Crippen LogP contribution < -0.4 is 14.4 Å². The molecule has 0 aliphatic carbocycles. The second kappa shape index (κ2) is 4.84. The summed E-state index contributed by atoms with van der Waals surface area (Å²) in [5.74, 6) is -0.565. The smallest absolute Gasteiger partial charge is 0.358 e. The van der Waals surface area contributed by atoms with E-state index in [1.807, 2.05) is 0 Å². The Hall–Kier alpha value is -2.16. The predicted octanol–water partition coefficient (Wildman–Crippen LogP) is 0.972. The van der Waals surface area contributed by atoms with Crippen molar-refractivity contribution in [3.05, 3.63) is 24.3 Å². The molecule has 0 radical (unpaired) electrons. The fourth-order valence-corrected chi connectivity index (χ4v) is 1.95. The largest absolute Gasteiger partial charge is 0.488 e. The Bertz CT molecular complexity index is 619. The Balaban J connectivity index is 0.00000200. The van der Waals surface area contributed by atoms with Gasteiger partial charge in [-0.15, -0.1) is 0 Å². The van der Waals surface area contributed by atoms with Crippen molar-refractivity contribution >= 4 is 28.1 Å². The van der Waals surface area contributed by atoms with Crippen molar-refractivity contribution in [1.82, 2.24) is 5.32 Å². The molecule has 9 heteroatoms. The third-order valence-corrected chi connectivity index (χ3v) is 2.79. The first kappa shape index (κ1) is 13.3. The number of carbonyl (C=O) groups excluding carboxylic acids is 2. The minimum atomic E-state index is -5.07. The van der Waals surface area contributed by atoms with Crippen LogP contribution in [0.1, 0.15) is 7.85 Å². The number of halogens is 1. The molecule has 1 N–H and O–H groups in total. The minimum absolute atomic E-state index is 0. The number of carbonyl (C=O) groups is 2. The van der Waals surface area contributed by atoms with Crippen LogP contribution in [0, 0.1) is 0 Å². The molecule has 2 rings (SSSR count). The van der Waals surface area contributed by atoms with E-state index in [2.05, 4.69) is 9.50 Å². The van der Waals surface area contributed by atoms with Crippen LogP contribution in [-0.4, -0.2) is 26.9 Å². The lowest BCUT2D eigenvalue weighted by Crippen LogP contribution is -2.49. The lowest BCUT2D eigenvalue weighted by Gasteiger charge is -2.26. The molecular weight excluding hydrogens is 279 g/mol. The van der Waals surface area contributed by atoms with Gasteiger partial charge in [0.05, 0.1) is 0 Å². The van der Waals surface area contributed by atoms with E-state index in [-0.39, 0.29) is 26.0 Å².